The van der Waals surface area contributed by atoms with Crippen molar-refractivity contribution in [2.24, 2.45) is 5.73 Å². The Labute approximate surface area is 87.6 Å². The van der Waals surface area contributed by atoms with Crippen LogP contribution in [0.1, 0.15) is 33.6 Å². The third-order valence-corrected chi connectivity index (χ3v) is 3.19. The van der Waals surface area contributed by atoms with E-state index in [0.717, 1.165) is 19.7 Å². The van der Waals surface area contributed by atoms with Gasteiger partial charge in [-0.15, -0.1) is 0 Å². The zero-order valence-corrected chi connectivity index (χ0v) is 9.75. The van der Waals surface area contributed by atoms with Crippen molar-refractivity contribution in [1.82, 2.24) is 4.90 Å². The van der Waals surface area contributed by atoms with Gasteiger partial charge < -0.3 is 10.5 Å². The van der Waals surface area contributed by atoms with E-state index >= 15 is 0 Å². The third-order valence-electron chi connectivity index (χ3n) is 3.19. The van der Waals surface area contributed by atoms with E-state index in [-0.39, 0.29) is 5.54 Å². The van der Waals surface area contributed by atoms with Crippen LogP contribution in [-0.2, 0) is 4.74 Å². The number of ether oxygens (including phenoxy) is 1. The fourth-order valence-corrected chi connectivity index (χ4v) is 1.97. The Morgan fingerprint density at radius 2 is 2.21 bits per heavy atom. The molecule has 0 aliphatic carbocycles. The molecule has 3 nitrogen and oxygen atoms in total. The molecule has 1 atom stereocenters. The smallest absolute Gasteiger partial charge is 0.0703 e. The van der Waals surface area contributed by atoms with Gasteiger partial charge in [-0.25, -0.2) is 0 Å². The van der Waals surface area contributed by atoms with Crippen molar-refractivity contribution in [1.29, 1.82) is 0 Å². The molecule has 0 aromatic heterocycles. The molecule has 0 amide bonds. The van der Waals surface area contributed by atoms with E-state index in [1.165, 1.54) is 12.8 Å². The molecule has 1 heterocycles. The molecular formula is C11H24N2O. The van der Waals surface area contributed by atoms with E-state index in [1.807, 2.05) is 0 Å². The van der Waals surface area contributed by atoms with Crippen molar-refractivity contribution >= 4 is 0 Å². The Hall–Kier alpha value is -0.120. The van der Waals surface area contributed by atoms with Gasteiger partial charge in [-0.2, -0.15) is 0 Å². The van der Waals surface area contributed by atoms with E-state index < -0.39 is 0 Å². The minimum atomic E-state index is 0.0979. The van der Waals surface area contributed by atoms with Crippen molar-refractivity contribution in [3.8, 4) is 0 Å². The minimum Gasteiger partial charge on any atom is -0.377 e. The van der Waals surface area contributed by atoms with Gasteiger partial charge in [0.05, 0.1) is 6.10 Å². The number of nitrogens with two attached hydrogens (primary N) is 1. The Balaban J connectivity index is 2.44. The van der Waals surface area contributed by atoms with Crippen molar-refractivity contribution in [2.45, 2.75) is 45.3 Å². The Morgan fingerprint density at radius 3 is 2.64 bits per heavy atom. The van der Waals surface area contributed by atoms with Gasteiger partial charge in [0.25, 0.3) is 0 Å². The lowest BCUT2D eigenvalue weighted by molar-refractivity contribution is 0.0374. The lowest BCUT2D eigenvalue weighted by Crippen LogP contribution is -2.51. The zero-order chi connectivity index (χ0) is 10.6. The summed E-state index contributed by atoms with van der Waals surface area (Å²) in [4.78, 5) is 2.42. The first-order valence-electron chi connectivity index (χ1n) is 5.67. The largest absolute Gasteiger partial charge is 0.377 e. The van der Waals surface area contributed by atoms with Crippen molar-refractivity contribution in [3.63, 3.8) is 0 Å². The lowest BCUT2D eigenvalue weighted by atomic mass is 10.0. The molecule has 0 spiro atoms. The van der Waals surface area contributed by atoms with Crippen LogP contribution in [0.4, 0.5) is 0 Å². The van der Waals surface area contributed by atoms with Crippen LogP contribution in [0, 0.1) is 0 Å². The van der Waals surface area contributed by atoms with E-state index in [9.17, 15) is 0 Å². The number of likely N-dealkylation sites (N-methyl/N-ethyl adjacent to an activating group) is 1. The van der Waals surface area contributed by atoms with Crippen LogP contribution in [0.2, 0.25) is 0 Å². The molecule has 0 saturated carbocycles. The first-order chi connectivity index (χ1) is 6.60. The van der Waals surface area contributed by atoms with Crippen LogP contribution in [0.25, 0.3) is 0 Å². The molecule has 0 aromatic rings. The number of hydrogen-bond acceptors (Lipinski definition) is 3. The Kier molecular flexibility index (Phi) is 4.35. The highest BCUT2D eigenvalue weighted by Crippen LogP contribution is 2.18. The molecule has 84 valence electrons. The minimum absolute atomic E-state index is 0.0979. The quantitative estimate of drug-likeness (QED) is 0.725. The summed E-state index contributed by atoms with van der Waals surface area (Å²) >= 11 is 0. The average molecular weight is 200 g/mol. The summed E-state index contributed by atoms with van der Waals surface area (Å²) < 4.78 is 5.64. The van der Waals surface area contributed by atoms with Crippen molar-refractivity contribution in [3.05, 3.63) is 0 Å². The monoisotopic (exact) mass is 200 g/mol. The van der Waals surface area contributed by atoms with Crippen molar-refractivity contribution in [2.75, 3.05) is 26.2 Å². The maximum atomic E-state index is 5.77. The van der Waals surface area contributed by atoms with Gasteiger partial charge in [0.2, 0.25) is 0 Å². The number of nitrogens with zero attached hydrogens (tertiary/aromatic N) is 1. The normalized spacial score (nSPS) is 23.4. The Bertz CT molecular complexity index is 165. The summed E-state index contributed by atoms with van der Waals surface area (Å²) in [6, 6.07) is 0. The van der Waals surface area contributed by atoms with Gasteiger partial charge in [0, 0.05) is 25.2 Å². The van der Waals surface area contributed by atoms with Gasteiger partial charge >= 0.3 is 0 Å². The second-order valence-electron chi connectivity index (χ2n) is 4.69. The average Bonchev–Trinajstić information content (AvgIpc) is 2.66. The van der Waals surface area contributed by atoms with E-state index in [2.05, 4.69) is 25.7 Å². The topological polar surface area (TPSA) is 38.5 Å². The van der Waals surface area contributed by atoms with Gasteiger partial charge in [-0.05, 0) is 33.2 Å². The van der Waals surface area contributed by atoms with Gasteiger partial charge in [-0.3, -0.25) is 4.90 Å². The lowest BCUT2D eigenvalue weighted by Gasteiger charge is -2.38. The molecule has 1 fully saturated rings. The molecular weight excluding hydrogens is 176 g/mol. The van der Waals surface area contributed by atoms with Gasteiger partial charge in [0.1, 0.15) is 0 Å². The summed E-state index contributed by atoms with van der Waals surface area (Å²) in [7, 11) is 0. The van der Waals surface area contributed by atoms with Gasteiger partial charge in [-0.1, -0.05) is 6.92 Å². The van der Waals surface area contributed by atoms with Crippen LogP contribution >= 0.6 is 0 Å². The molecule has 1 saturated heterocycles. The molecule has 0 radical (unpaired) electrons. The van der Waals surface area contributed by atoms with Crippen LogP contribution in [-0.4, -0.2) is 42.8 Å². The fourth-order valence-electron chi connectivity index (χ4n) is 1.97. The highest BCUT2D eigenvalue weighted by Gasteiger charge is 2.27. The maximum Gasteiger partial charge on any atom is 0.0703 e. The number of hydrogen-bond donors (Lipinski definition) is 1. The van der Waals surface area contributed by atoms with Gasteiger partial charge in [0.15, 0.2) is 0 Å². The molecule has 1 unspecified atom stereocenters. The SMILES string of the molecule is CCN(CC1CCCO1)C(C)(C)CN. The first-order valence-corrected chi connectivity index (χ1v) is 5.67. The molecule has 2 N–H and O–H groups in total. The Morgan fingerprint density at radius 1 is 1.50 bits per heavy atom. The summed E-state index contributed by atoms with van der Waals surface area (Å²) in [5.41, 5.74) is 5.87. The maximum absolute atomic E-state index is 5.77. The van der Waals surface area contributed by atoms with Crippen LogP contribution < -0.4 is 5.73 Å². The van der Waals surface area contributed by atoms with Crippen LogP contribution in [0.15, 0.2) is 0 Å². The predicted molar refractivity (Wildman–Crippen MR) is 59.4 cm³/mol. The summed E-state index contributed by atoms with van der Waals surface area (Å²) in [5.74, 6) is 0. The second kappa shape index (κ2) is 5.10. The zero-order valence-electron chi connectivity index (χ0n) is 9.75. The predicted octanol–water partition coefficient (Wildman–Crippen LogP) is 1.22. The summed E-state index contributed by atoms with van der Waals surface area (Å²) in [6.07, 6.45) is 2.85. The highest BCUT2D eigenvalue weighted by atomic mass is 16.5. The molecule has 1 rings (SSSR count). The number of rotatable bonds is 5. The van der Waals surface area contributed by atoms with E-state index in [1.54, 1.807) is 0 Å². The summed E-state index contributed by atoms with van der Waals surface area (Å²) in [5, 5.41) is 0. The fraction of sp³-hybridized carbons (Fsp3) is 1.00. The van der Waals surface area contributed by atoms with E-state index in [4.69, 9.17) is 10.5 Å². The molecule has 3 heteroatoms. The van der Waals surface area contributed by atoms with Crippen LogP contribution in [0.5, 0.6) is 0 Å². The highest BCUT2D eigenvalue weighted by molar-refractivity contribution is 4.84. The molecule has 0 bridgehead atoms. The van der Waals surface area contributed by atoms with E-state index in [0.29, 0.717) is 12.6 Å². The standard InChI is InChI=1S/C11H24N2O/c1-4-13(11(2,3)9-12)8-10-6-5-7-14-10/h10H,4-9,12H2,1-3H3. The molecule has 1 aliphatic heterocycles. The molecule has 0 aromatic carbocycles. The first kappa shape index (κ1) is 12.0. The molecule has 1 aliphatic rings. The second-order valence-corrected chi connectivity index (χ2v) is 4.69. The molecule has 14 heavy (non-hydrogen) atoms. The third kappa shape index (κ3) is 2.94. The van der Waals surface area contributed by atoms with Crippen molar-refractivity contribution < 1.29 is 4.74 Å². The summed E-state index contributed by atoms with van der Waals surface area (Å²) in [6.45, 7) is 10.3. The van der Waals surface area contributed by atoms with Crippen LogP contribution in [0.3, 0.4) is 0 Å².